The second-order valence-electron chi connectivity index (χ2n) is 5.44. The van der Waals surface area contributed by atoms with E-state index in [0.29, 0.717) is 0 Å². The highest BCUT2D eigenvalue weighted by atomic mass is 35.5. The zero-order valence-electron chi connectivity index (χ0n) is 13.3. The Kier molecular flexibility index (Phi) is 5.36. The van der Waals surface area contributed by atoms with Gasteiger partial charge in [-0.05, 0) is 18.2 Å². The van der Waals surface area contributed by atoms with Gasteiger partial charge < -0.3 is 15.2 Å². The molecule has 0 saturated carbocycles. The third-order valence-electron chi connectivity index (χ3n) is 3.64. The molecule has 1 aromatic heterocycles. The summed E-state index contributed by atoms with van der Waals surface area (Å²) in [7, 11) is 0. The van der Waals surface area contributed by atoms with Crippen LogP contribution >= 0.6 is 34.8 Å². The molecule has 138 valence electrons. The lowest BCUT2D eigenvalue weighted by atomic mass is 10.1. The molecule has 0 aliphatic heterocycles. The van der Waals surface area contributed by atoms with Crippen LogP contribution in [0.3, 0.4) is 0 Å². The first kappa shape index (κ1) is 19.2. The first-order valence-electron chi connectivity index (χ1n) is 7.43. The SMILES string of the molecule is O=C(Cn1nc(C(=O)[O-])c2ccccc2c1=O)Nc1cc(Cl)c(Cl)cc1Cl. The van der Waals surface area contributed by atoms with Gasteiger partial charge in [0.25, 0.3) is 5.56 Å². The van der Waals surface area contributed by atoms with E-state index in [2.05, 4.69) is 10.4 Å². The Bertz CT molecular complexity index is 1140. The maximum Gasteiger partial charge on any atom is 0.275 e. The first-order valence-corrected chi connectivity index (χ1v) is 8.57. The lowest BCUT2D eigenvalue weighted by Crippen LogP contribution is -2.34. The van der Waals surface area contributed by atoms with Crippen LogP contribution in [0.15, 0.2) is 41.2 Å². The topological polar surface area (TPSA) is 104 Å². The molecule has 2 aromatic carbocycles. The van der Waals surface area contributed by atoms with E-state index < -0.39 is 29.7 Å². The molecular weight excluding hydrogens is 417 g/mol. The van der Waals surface area contributed by atoms with Crippen molar-refractivity contribution in [3.05, 3.63) is 67.5 Å². The minimum Gasteiger partial charge on any atom is -0.543 e. The molecule has 1 N–H and O–H groups in total. The minimum absolute atomic E-state index is 0.104. The fourth-order valence-corrected chi connectivity index (χ4v) is 3.03. The maximum absolute atomic E-state index is 12.5. The molecule has 0 atom stereocenters. The van der Waals surface area contributed by atoms with Crippen LogP contribution in [0.2, 0.25) is 15.1 Å². The average molecular weight is 426 g/mol. The predicted molar refractivity (Wildman–Crippen MR) is 100 cm³/mol. The normalized spacial score (nSPS) is 10.8. The molecule has 0 aliphatic rings. The fraction of sp³-hybridized carbons (Fsp3) is 0.0588. The highest BCUT2D eigenvalue weighted by Gasteiger charge is 2.15. The number of benzene rings is 2. The number of carbonyl (C=O) groups is 2. The molecule has 3 rings (SSSR count). The van der Waals surface area contributed by atoms with Gasteiger partial charge in [0.05, 0.1) is 32.1 Å². The number of carbonyl (C=O) groups excluding carboxylic acids is 2. The van der Waals surface area contributed by atoms with Crippen molar-refractivity contribution in [1.82, 2.24) is 9.78 Å². The molecule has 3 aromatic rings. The molecule has 0 fully saturated rings. The summed E-state index contributed by atoms with van der Waals surface area (Å²) < 4.78 is 0.744. The molecule has 0 spiro atoms. The molecule has 1 amide bonds. The summed E-state index contributed by atoms with van der Waals surface area (Å²) in [4.78, 5) is 36.1. The standard InChI is InChI=1S/C17H10Cl3N3O4/c18-10-5-12(20)13(6-11(10)19)21-14(24)7-23-16(25)9-4-2-1-3-8(9)15(22-23)17(26)27/h1-6H,7H2,(H,21,24)(H,26,27)/p-1. The van der Waals surface area contributed by atoms with E-state index >= 15 is 0 Å². The molecule has 0 aliphatic carbocycles. The third kappa shape index (κ3) is 3.90. The number of amides is 1. The Balaban J connectivity index is 1.96. The molecule has 0 bridgehead atoms. The zero-order chi connectivity index (χ0) is 19.7. The molecule has 0 unspecified atom stereocenters. The van der Waals surface area contributed by atoms with Gasteiger partial charge in [0, 0.05) is 5.39 Å². The highest BCUT2D eigenvalue weighted by Crippen LogP contribution is 2.32. The fourth-order valence-electron chi connectivity index (χ4n) is 2.44. The van der Waals surface area contributed by atoms with Crippen LogP contribution in [0, 0.1) is 0 Å². The molecule has 0 radical (unpaired) electrons. The first-order chi connectivity index (χ1) is 12.8. The number of aromatic carboxylic acids is 1. The summed E-state index contributed by atoms with van der Waals surface area (Å²) in [6.07, 6.45) is 0. The number of nitrogens with zero attached hydrogens (tertiary/aromatic N) is 2. The van der Waals surface area contributed by atoms with Crippen LogP contribution in [-0.4, -0.2) is 21.7 Å². The van der Waals surface area contributed by atoms with Crippen LogP contribution < -0.4 is 16.0 Å². The van der Waals surface area contributed by atoms with E-state index in [1.165, 1.54) is 24.3 Å². The molecule has 1 heterocycles. The lowest BCUT2D eigenvalue weighted by molar-refractivity contribution is -0.255. The predicted octanol–water partition coefficient (Wildman–Crippen LogP) is 2.36. The van der Waals surface area contributed by atoms with Crippen molar-refractivity contribution in [3.8, 4) is 0 Å². The average Bonchev–Trinajstić information content (AvgIpc) is 2.62. The van der Waals surface area contributed by atoms with Gasteiger partial charge in [0.2, 0.25) is 5.91 Å². The number of aromatic nitrogens is 2. The van der Waals surface area contributed by atoms with Crippen LogP contribution in [0.4, 0.5) is 5.69 Å². The molecular formula is C17H9Cl3N3O4-. The third-order valence-corrected chi connectivity index (χ3v) is 4.67. The van der Waals surface area contributed by atoms with Gasteiger partial charge in [-0.2, -0.15) is 5.10 Å². The number of anilines is 1. The van der Waals surface area contributed by atoms with Gasteiger partial charge in [0.15, 0.2) is 0 Å². The van der Waals surface area contributed by atoms with E-state index in [1.54, 1.807) is 12.1 Å². The van der Waals surface area contributed by atoms with Gasteiger partial charge in [-0.3, -0.25) is 9.59 Å². The van der Waals surface area contributed by atoms with Crippen LogP contribution in [0.5, 0.6) is 0 Å². The van der Waals surface area contributed by atoms with Crippen molar-refractivity contribution in [1.29, 1.82) is 0 Å². The van der Waals surface area contributed by atoms with Gasteiger partial charge >= 0.3 is 0 Å². The number of carboxylic acid groups (broad SMARTS) is 1. The number of halogens is 3. The summed E-state index contributed by atoms with van der Waals surface area (Å²) in [5.41, 5.74) is -0.874. The summed E-state index contributed by atoms with van der Waals surface area (Å²) >= 11 is 17.7. The molecule has 10 heteroatoms. The Morgan fingerprint density at radius 3 is 2.33 bits per heavy atom. The summed E-state index contributed by atoms with van der Waals surface area (Å²) in [5.74, 6) is -2.22. The van der Waals surface area contributed by atoms with Crippen molar-refractivity contribution in [2.45, 2.75) is 6.54 Å². The summed E-state index contributed by atoms with van der Waals surface area (Å²) in [5, 5.41) is 18.3. The van der Waals surface area contributed by atoms with Crippen LogP contribution in [0.1, 0.15) is 10.5 Å². The van der Waals surface area contributed by atoms with Gasteiger partial charge in [0.1, 0.15) is 12.2 Å². The van der Waals surface area contributed by atoms with E-state index in [-0.39, 0.29) is 31.5 Å². The Morgan fingerprint density at radius 2 is 1.67 bits per heavy atom. The minimum atomic E-state index is -1.56. The highest BCUT2D eigenvalue weighted by molar-refractivity contribution is 6.44. The smallest absolute Gasteiger partial charge is 0.275 e. The van der Waals surface area contributed by atoms with E-state index in [1.807, 2.05) is 0 Å². The van der Waals surface area contributed by atoms with Crippen LogP contribution in [0.25, 0.3) is 10.8 Å². The monoisotopic (exact) mass is 424 g/mol. The second kappa shape index (κ2) is 7.56. The van der Waals surface area contributed by atoms with Gasteiger partial charge in [-0.25, -0.2) is 4.68 Å². The van der Waals surface area contributed by atoms with Crippen molar-refractivity contribution in [2.75, 3.05) is 5.32 Å². The van der Waals surface area contributed by atoms with E-state index in [0.717, 1.165) is 4.68 Å². The number of nitrogens with one attached hydrogen (secondary N) is 1. The quantitative estimate of drug-likeness (QED) is 0.646. The van der Waals surface area contributed by atoms with E-state index in [9.17, 15) is 19.5 Å². The van der Waals surface area contributed by atoms with Gasteiger partial charge in [-0.1, -0.05) is 53.0 Å². The number of hydrogen-bond donors (Lipinski definition) is 1. The Morgan fingerprint density at radius 1 is 1.04 bits per heavy atom. The molecule has 7 nitrogen and oxygen atoms in total. The van der Waals surface area contributed by atoms with Gasteiger partial charge in [-0.15, -0.1) is 0 Å². The van der Waals surface area contributed by atoms with Crippen LogP contribution in [-0.2, 0) is 11.3 Å². The number of rotatable bonds is 4. The largest absolute Gasteiger partial charge is 0.543 e. The summed E-state index contributed by atoms with van der Waals surface area (Å²) in [6, 6.07) is 8.73. The second-order valence-corrected chi connectivity index (χ2v) is 6.66. The van der Waals surface area contributed by atoms with Crippen molar-refractivity contribution >= 4 is 63.1 Å². The number of hydrogen-bond acceptors (Lipinski definition) is 5. The van der Waals surface area contributed by atoms with E-state index in [4.69, 9.17) is 34.8 Å². The summed E-state index contributed by atoms with van der Waals surface area (Å²) in [6.45, 7) is -0.541. The zero-order valence-corrected chi connectivity index (χ0v) is 15.6. The van der Waals surface area contributed by atoms with Crippen molar-refractivity contribution in [3.63, 3.8) is 0 Å². The van der Waals surface area contributed by atoms with Crippen molar-refractivity contribution in [2.24, 2.45) is 0 Å². The maximum atomic E-state index is 12.5. The number of fused-ring (bicyclic) bond motifs is 1. The lowest BCUT2D eigenvalue weighted by Gasteiger charge is -2.12. The molecule has 0 saturated heterocycles. The van der Waals surface area contributed by atoms with Crippen molar-refractivity contribution < 1.29 is 14.7 Å². The molecule has 27 heavy (non-hydrogen) atoms. The Labute approximate surface area is 167 Å². The number of carboxylic acids is 1. The Hall–Kier alpha value is -2.61.